The zero-order chi connectivity index (χ0) is 12.8. The van der Waals surface area contributed by atoms with Crippen LogP contribution in [0.15, 0.2) is 24.8 Å². The van der Waals surface area contributed by atoms with Gasteiger partial charge < -0.3 is 5.11 Å². The van der Waals surface area contributed by atoms with Crippen LogP contribution in [-0.2, 0) is 0 Å². The molecule has 0 bridgehead atoms. The van der Waals surface area contributed by atoms with Crippen molar-refractivity contribution in [2.45, 2.75) is 51.6 Å². The van der Waals surface area contributed by atoms with E-state index in [9.17, 15) is 5.11 Å². The van der Waals surface area contributed by atoms with Gasteiger partial charge in [0.1, 0.15) is 0 Å². The molecule has 0 aliphatic rings. The van der Waals surface area contributed by atoms with Crippen molar-refractivity contribution in [1.82, 2.24) is 14.6 Å². The van der Waals surface area contributed by atoms with Crippen molar-refractivity contribution in [3.05, 3.63) is 30.4 Å². The van der Waals surface area contributed by atoms with E-state index in [0.717, 1.165) is 23.9 Å². The van der Waals surface area contributed by atoms with Crippen LogP contribution in [-0.4, -0.2) is 19.7 Å². The first-order valence-corrected chi connectivity index (χ1v) is 6.78. The molecule has 2 rings (SSSR count). The Labute approximate surface area is 108 Å². The summed E-state index contributed by atoms with van der Waals surface area (Å²) in [6.45, 7) is 2.21. The first-order chi connectivity index (χ1) is 8.83. The lowest BCUT2D eigenvalue weighted by molar-refractivity contribution is 0.164. The molecule has 2 heterocycles. The van der Waals surface area contributed by atoms with Gasteiger partial charge in [-0.05, 0) is 6.42 Å². The molecule has 2 aromatic heterocycles. The summed E-state index contributed by atoms with van der Waals surface area (Å²) >= 11 is 0. The monoisotopic (exact) mass is 247 g/mol. The molecule has 2 aromatic rings. The molecular weight excluding hydrogens is 226 g/mol. The maximum absolute atomic E-state index is 10.2. The lowest BCUT2D eigenvalue weighted by Gasteiger charge is -2.08. The minimum atomic E-state index is -0.423. The summed E-state index contributed by atoms with van der Waals surface area (Å²) in [5.41, 5.74) is 1.79. The number of hydrogen-bond acceptors (Lipinski definition) is 3. The van der Waals surface area contributed by atoms with E-state index < -0.39 is 6.10 Å². The third-order valence-corrected chi connectivity index (χ3v) is 3.29. The minimum absolute atomic E-state index is 0.423. The molecule has 0 aliphatic heterocycles. The third-order valence-electron chi connectivity index (χ3n) is 3.29. The van der Waals surface area contributed by atoms with Gasteiger partial charge >= 0.3 is 0 Å². The van der Waals surface area contributed by atoms with Gasteiger partial charge in [-0.15, -0.1) is 0 Å². The minimum Gasteiger partial charge on any atom is -0.388 e. The molecule has 18 heavy (non-hydrogen) atoms. The van der Waals surface area contributed by atoms with E-state index in [2.05, 4.69) is 17.0 Å². The number of aromatic nitrogens is 3. The van der Waals surface area contributed by atoms with Crippen molar-refractivity contribution < 1.29 is 5.11 Å². The van der Waals surface area contributed by atoms with Crippen molar-refractivity contribution in [2.24, 2.45) is 0 Å². The number of fused-ring (bicyclic) bond motifs is 1. The Kier molecular flexibility index (Phi) is 4.70. The topological polar surface area (TPSA) is 50.4 Å². The highest BCUT2D eigenvalue weighted by molar-refractivity contribution is 5.52. The predicted octanol–water partition coefficient (Wildman–Crippen LogP) is 3.12. The summed E-state index contributed by atoms with van der Waals surface area (Å²) in [6, 6.07) is 0. The van der Waals surface area contributed by atoms with Crippen LogP contribution < -0.4 is 0 Å². The van der Waals surface area contributed by atoms with Crippen molar-refractivity contribution in [3.8, 4) is 0 Å². The summed E-state index contributed by atoms with van der Waals surface area (Å²) in [6.07, 6.45) is 13.4. The lowest BCUT2D eigenvalue weighted by atomic mass is 10.0. The smallest absolute Gasteiger partial charge is 0.0902 e. The first-order valence-electron chi connectivity index (χ1n) is 6.78. The number of unbranched alkanes of at least 4 members (excludes halogenated alkanes) is 4. The van der Waals surface area contributed by atoms with Gasteiger partial charge in [-0.2, -0.15) is 5.10 Å². The van der Waals surface area contributed by atoms with Crippen molar-refractivity contribution in [2.75, 3.05) is 0 Å². The SMILES string of the molecule is CCCCCCCC(O)c1cnn2ccncc12. The summed E-state index contributed by atoms with van der Waals surface area (Å²) in [4.78, 5) is 4.08. The Morgan fingerprint density at radius 3 is 2.89 bits per heavy atom. The van der Waals surface area contributed by atoms with Gasteiger partial charge in [0.05, 0.1) is 24.0 Å². The molecule has 98 valence electrons. The van der Waals surface area contributed by atoms with Crippen LogP contribution in [0.3, 0.4) is 0 Å². The van der Waals surface area contributed by atoms with E-state index in [1.165, 1.54) is 25.7 Å². The van der Waals surface area contributed by atoms with Gasteiger partial charge in [0.25, 0.3) is 0 Å². The van der Waals surface area contributed by atoms with E-state index in [1.54, 1.807) is 29.3 Å². The van der Waals surface area contributed by atoms with Crippen LogP contribution in [0.5, 0.6) is 0 Å². The molecule has 4 heteroatoms. The number of nitrogens with zero attached hydrogens (tertiary/aromatic N) is 3. The van der Waals surface area contributed by atoms with Gasteiger partial charge in [0.2, 0.25) is 0 Å². The van der Waals surface area contributed by atoms with Gasteiger partial charge in [-0.1, -0.05) is 39.0 Å². The number of aliphatic hydroxyl groups excluding tert-OH is 1. The van der Waals surface area contributed by atoms with Gasteiger partial charge in [0, 0.05) is 18.0 Å². The molecule has 1 N–H and O–H groups in total. The van der Waals surface area contributed by atoms with E-state index in [1.807, 2.05) is 0 Å². The first kappa shape index (κ1) is 13.0. The maximum atomic E-state index is 10.2. The van der Waals surface area contributed by atoms with E-state index in [4.69, 9.17) is 0 Å². The zero-order valence-electron chi connectivity index (χ0n) is 10.9. The van der Waals surface area contributed by atoms with E-state index in [0.29, 0.717) is 0 Å². The molecule has 0 aromatic carbocycles. The van der Waals surface area contributed by atoms with Gasteiger partial charge in [-0.3, -0.25) is 4.98 Å². The fraction of sp³-hybridized carbons (Fsp3) is 0.571. The second-order valence-corrected chi connectivity index (χ2v) is 4.72. The van der Waals surface area contributed by atoms with Crippen LogP contribution in [0.25, 0.3) is 5.52 Å². The Bertz CT molecular complexity index is 481. The van der Waals surface area contributed by atoms with Gasteiger partial charge in [0.15, 0.2) is 0 Å². The maximum Gasteiger partial charge on any atom is 0.0902 e. The zero-order valence-corrected chi connectivity index (χ0v) is 10.9. The molecule has 0 saturated carbocycles. The highest BCUT2D eigenvalue weighted by Crippen LogP contribution is 2.23. The Balaban J connectivity index is 1.90. The second-order valence-electron chi connectivity index (χ2n) is 4.72. The molecular formula is C14H21N3O. The summed E-state index contributed by atoms with van der Waals surface area (Å²) < 4.78 is 1.75. The fourth-order valence-corrected chi connectivity index (χ4v) is 2.21. The van der Waals surface area contributed by atoms with E-state index >= 15 is 0 Å². The van der Waals surface area contributed by atoms with Crippen molar-refractivity contribution in [3.63, 3.8) is 0 Å². The molecule has 0 fully saturated rings. The molecule has 0 amide bonds. The molecule has 0 aliphatic carbocycles. The molecule has 4 nitrogen and oxygen atoms in total. The summed E-state index contributed by atoms with van der Waals surface area (Å²) in [7, 11) is 0. The Morgan fingerprint density at radius 1 is 1.22 bits per heavy atom. The van der Waals surface area contributed by atoms with E-state index in [-0.39, 0.29) is 0 Å². The standard InChI is InChI=1S/C14H21N3O/c1-2-3-4-5-6-7-14(18)12-10-16-17-9-8-15-11-13(12)17/h8-11,14,18H,2-7H2,1H3. The highest BCUT2D eigenvalue weighted by atomic mass is 16.3. The van der Waals surface area contributed by atoms with Crippen LogP contribution in [0, 0.1) is 0 Å². The van der Waals surface area contributed by atoms with Crippen molar-refractivity contribution in [1.29, 1.82) is 0 Å². The third kappa shape index (κ3) is 3.07. The normalized spacial score (nSPS) is 13.0. The van der Waals surface area contributed by atoms with Crippen molar-refractivity contribution >= 4 is 5.52 Å². The number of rotatable bonds is 7. The molecule has 1 unspecified atom stereocenters. The van der Waals surface area contributed by atoms with Crippen LogP contribution >= 0.6 is 0 Å². The average molecular weight is 247 g/mol. The quantitative estimate of drug-likeness (QED) is 0.765. The van der Waals surface area contributed by atoms with Crippen LogP contribution in [0.2, 0.25) is 0 Å². The summed E-state index contributed by atoms with van der Waals surface area (Å²) in [5.74, 6) is 0. The highest BCUT2D eigenvalue weighted by Gasteiger charge is 2.13. The average Bonchev–Trinajstić information content (AvgIpc) is 2.82. The molecule has 0 spiro atoms. The van der Waals surface area contributed by atoms with Crippen LogP contribution in [0.4, 0.5) is 0 Å². The van der Waals surface area contributed by atoms with Gasteiger partial charge in [-0.25, -0.2) is 4.52 Å². The Morgan fingerprint density at radius 2 is 2.06 bits per heavy atom. The number of aliphatic hydroxyl groups is 1. The predicted molar refractivity (Wildman–Crippen MR) is 71.3 cm³/mol. The molecule has 0 saturated heterocycles. The molecule has 0 radical (unpaired) electrons. The lowest BCUT2D eigenvalue weighted by Crippen LogP contribution is -1.97. The Hall–Kier alpha value is -1.42. The fourth-order valence-electron chi connectivity index (χ4n) is 2.21. The number of hydrogen-bond donors (Lipinski definition) is 1. The largest absolute Gasteiger partial charge is 0.388 e. The summed E-state index contributed by atoms with van der Waals surface area (Å²) in [5, 5.41) is 14.4. The second kappa shape index (κ2) is 6.50. The molecule has 1 atom stereocenters. The van der Waals surface area contributed by atoms with Crippen LogP contribution in [0.1, 0.15) is 57.1 Å².